The van der Waals surface area contributed by atoms with Gasteiger partial charge in [0.1, 0.15) is 17.0 Å². The van der Waals surface area contributed by atoms with E-state index in [-0.39, 0.29) is 18.0 Å². The van der Waals surface area contributed by atoms with Crippen LogP contribution in [0.25, 0.3) is 0 Å². The second kappa shape index (κ2) is 13.8. The molecule has 2 heterocycles. The Kier molecular flexibility index (Phi) is 12.1. The van der Waals surface area contributed by atoms with Crippen LogP contribution in [-0.4, -0.2) is 73.5 Å². The van der Waals surface area contributed by atoms with Gasteiger partial charge in [0.05, 0.1) is 5.76 Å². The van der Waals surface area contributed by atoms with Crippen LogP contribution in [0.15, 0.2) is 11.8 Å². The maximum atomic E-state index is 11.8. The quantitative estimate of drug-likeness (QED) is 0.433. The number of piperidine rings is 1. The van der Waals surface area contributed by atoms with Gasteiger partial charge in [-0.25, -0.2) is 9.59 Å². The largest absolute Gasteiger partial charge is 0.547 e. The van der Waals surface area contributed by atoms with Gasteiger partial charge in [-0.1, -0.05) is 13.8 Å². The third-order valence-corrected chi connectivity index (χ3v) is 5.10. The van der Waals surface area contributed by atoms with E-state index >= 15 is 0 Å². The minimum Gasteiger partial charge on any atom is -0.547 e. The fourth-order valence-corrected chi connectivity index (χ4v) is 3.87. The monoisotopic (exact) mass is 501 g/mol. The van der Waals surface area contributed by atoms with Crippen LogP contribution in [-0.2, 0) is 18.7 Å². The lowest BCUT2D eigenvalue weighted by Crippen LogP contribution is -2.41. The van der Waals surface area contributed by atoms with Crippen LogP contribution in [0.3, 0.4) is 0 Å². The van der Waals surface area contributed by atoms with Crippen molar-refractivity contribution in [3.05, 3.63) is 11.8 Å². The zero-order chi connectivity index (χ0) is 27.4. The summed E-state index contributed by atoms with van der Waals surface area (Å²) in [6, 6.07) is 0. The van der Waals surface area contributed by atoms with Crippen molar-refractivity contribution in [2.24, 2.45) is 0 Å². The second-order valence-corrected chi connectivity index (χ2v) is 15.5. The number of carbonyl (C=O) groups is 3. The van der Waals surface area contributed by atoms with E-state index in [1.807, 2.05) is 47.6 Å². The summed E-state index contributed by atoms with van der Waals surface area (Å²) in [5.74, 6) is 1.25. The van der Waals surface area contributed by atoms with Crippen LogP contribution in [0.1, 0.15) is 76.0 Å². The Morgan fingerprint density at radius 2 is 1.29 bits per heavy atom. The first-order valence-electron chi connectivity index (χ1n) is 12.7. The molecule has 0 saturated carbocycles. The second-order valence-electron chi connectivity index (χ2n) is 11.1. The molecule has 0 aromatic carbocycles. The minimum atomic E-state index is -1.54. The first-order valence-corrected chi connectivity index (χ1v) is 15.4. The molecule has 198 valence electrons. The lowest BCUT2D eigenvalue weighted by molar-refractivity contribution is -0.121. The van der Waals surface area contributed by atoms with Crippen molar-refractivity contribution >= 4 is 26.3 Å². The van der Waals surface area contributed by atoms with Crippen molar-refractivity contribution in [3.8, 4) is 0 Å². The number of nitrogens with zero attached hydrogens (tertiary/aromatic N) is 2. The molecule has 8 nitrogen and oxygen atoms in total. The molecule has 0 unspecified atom stereocenters. The summed E-state index contributed by atoms with van der Waals surface area (Å²) in [7, 11) is -1.54. The van der Waals surface area contributed by atoms with Crippen molar-refractivity contribution < 1.29 is 29.7 Å². The Morgan fingerprint density at radius 1 is 0.882 bits per heavy atom. The summed E-state index contributed by atoms with van der Waals surface area (Å²) in [6.45, 7) is 22.1. The van der Waals surface area contributed by atoms with E-state index in [0.29, 0.717) is 45.9 Å². The molecule has 2 aliphatic heterocycles. The molecule has 0 bridgehead atoms. The van der Waals surface area contributed by atoms with Gasteiger partial charge in [-0.15, -0.1) is 0 Å². The third-order valence-electron chi connectivity index (χ3n) is 4.23. The van der Waals surface area contributed by atoms with Gasteiger partial charge < -0.3 is 23.7 Å². The molecule has 2 amide bonds. The molecule has 0 radical (unpaired) electrons. The Morgan fingerprint density at radius 3 is 1.65 bits per heavy atom. The van der Waals surface area contributed by atoms with Crippen molar-refractivity contribution in [2.75, 3.05) is 26.2 Å². The summed E-state index contributed by atoms with van der Waals surface area (Å²) in [6.07, 6.45) is 3.13. The molecule has 0 N–H and O–H groups in total. The van der Waals surface area contributed by atoms with Gasteiger partial charge in [-0.2, -0.15) is 0 Å². The first-order chi connectivity index (χ1) is 15.9. The minimum absolute atomic E-state index is 0.227. The molecular weight excluding hydrogens is 452 g/mol. The van der Waals surface area contributed by atoms with E-state index in [9.17, 15) is 14.4 Å². The molecular formula is C25H48N2O6Si. The highest BCUT2D eigenvalue weighted by atomic mass is 28.4. The van der Waals surface area contributed by atoms with E-state index in [0.717, 1.165) is 12.2 Å². The highest BCUT2D eigenvalue weighted by molar-refractivity contribution is 6.70. The lowest BCUT2D eigenvalue weighted by Gasteiger charge is -2.31. The van der Waals surface area contributed by atoms with Gasteiger partial charge in [0.2, 0.25) is 8.32 Å². The summed E-state index contributed by atoms with van der Waals surface area (Å²) >= 11 is 0. The number of ketones is 1. The summed E-state index contributed by atoms with van der Waals surface area (Å²) in [5, 5.41) is 0. The molecule has 0 aliphatic carbocycles. The molecule has 9 heteroatoms. The van der Waals surface area contributed by atoms with Crippen molar-refractivity contribution in [1.29, 1.82) is 0 Å². The number of rotatable bonds is 2. The number of hydrogen-bond donors (Lipinski definition) is 0. The predicted octanol–water partition coefficient (Wildman–Crippen LogP) is 5.98. The number of ether oxygens (including phenoxy) is 2. The van der Waals surface area contributed by atoms with Gasteiger partial charge in [-0.3, -0.25) is 4.79 Å². The average Bonchev–Trinajstić information content (AvgIpc) is 2.66. The maximum Gasteiger partial charge on any atom is 0.410 e. The molecule has 1 fully saturated rings. The summed E-state index contributed by atoms with van der Waals surface area (Å²) < 4.78 is 22.7. The van der Waals surface area contributed by atoms with E-state index in [2.05, 4.69) is 19.6 Å². The van der Waals surface area contributed by atoms with Crippen LogP contribution in [0.4, 0.5) is 9.59 Å². The van der Waals surface area contributed by atoms with E-state index in [1.165, 1.54) is 0 Å². The number of Topliss-reactive ketones (excluding diaryl/α,β-unsaturated/α-hetero) is 1. The number of amides is 2. The standard InChI is InChI=1S/C13H25NO3Si.C10H17NO3.C2H6/c1-13(2,3)16-12(15)14-9-7-11(8-10-14)17-18(4,5)6;1-10(2,3)14-9(13)11-6-4-8(12)5-7-11;1-2/h7H,8-10H2,1-6H3;4-7H2,1-3H3;1-2H3/i;;1D. The number of likely N-dealkylation sites (tertiary alicyclic amines) is 1. The highest BCUT2D eigenvalue weighted by Crippen LogP contribution is 2.19. The topological polar surface area (TPSA) is 85.4 Å². The van der Waals surface area contributed by atoms with Crippen molar-refractivity contribution in [3.63, 3.8) is 0 Å². The zero-order valence-corrected chi connectivity index (χ0v) is 24.1. The number of carbonyl (C=O) groups excluding carboxylic acids is 3. The molecule has 2 rings (SSSR count). The SMILES string of the molecule is CC(C)(C)OC(=O)N1CC=C(O[Si](C)(C)C)CC1.CC(C)(C)OC(=O)N1CCC(=O)CC1.[2H]CC. The van der Waals surface area contributed by atoms with E-state index in [4.69, 9.17) is 15.3 Å². The fraction of sp³-hybridized carbons (Fsp3) is 0.800. The Bertz CT molecular complexity index is 713. The number of hydrogen-bond acceptors (Lipinski definition) is 6. The van der Waals surface area contributed by atoms with Gasteiger partial charge in [0.25, 0.3) is 0 Å². The van der Waals surface area contributed by atoms with Crippen LogP contribution < -0.4 is 0 Å². The van der Waals surface area contributed by atoms with Crippen LogP contribution in [0.2, 0.25) is 19.6 Å². The molecule has 34 heavy (non-hydrogen) atoms. The van der Waals surface area contributed by atoms with Gasteiger partial charge >= 0.3 is 12.2 Å². The maximum absolute atomic E-state index is 11.8. The average molecular weight is 502 g/mol. The van der Waals surface area contributed by atoms with Crippen LogP contribution in [0.5, 0.6) is 0 Å². The van der Waals surface area contributed by atoms with Gasteiger partial charge in [0.15, 0.2) is 0 Å². The van der Waals surface area contributed by atoms with Crippen molar-refractivity contribution in [1.82, 2.24) is 9.80 Å². The molecule has 0 spiro atoms. The molecule has 0 aromatic heterocycles. The fourth-order valence-electron chi connectivity index (χ4n) is 2.89. The van der Waals surface area contributed by atoms with E-state index < -0.39 is 19.5 Å². The highest BCUT2D eigenvalue weighted by Gasteiger charge is 2.26. The summed E-state index contributed by atoms with van der Waals surface area (Å²) in [4.78, 5) is 37.6. The molecule has 0 atom stereocenters. The molecule has 2 aliphatic rings. The third kappa shape index (κ3) is 15.0. The van der Waals surface area contributed by atoms with Gasteiger partial charge in [0, 0.05) is 46.8 Å². The Hall–Kier alpha value is -2.03. The zero-order valence-electron chi connectivity index (χ0n) is 24.1. The molecule has 1 saturated heterocycles. The predicted molar refractivity (Wildman–Crippen MR) is 138 cm³/mol. The molecule has 0 aromatic rings. The summed E-state index contributed by atoms with van der Waals surface area (Å²) in [5.41, 5.74) is -0.894. The first kappa shape index (κ1) is 30.0. The van der Waals surface area contributed by atoms with Crippen LogP contribution in [0, 0.1) is 0 Å². The van der Waals surface area contributed by atoms with Crippen LogP contribution >= 0.6 is 0 Å². The van der Waals surface area contributed by atoms with Gasteiger partial charge in [-0.05, 0) is 67.3 Å². The normalized spacial score (nSPS) is 17.2. The van der Waals surface area contributed by atoms with Crippen molar-refractivity contribution in [2.45, 2.75) is 105 Å². The van der Waals surface area contributed by atoms with E-state index in [1.54, 1.807) is 16.7 Å². The Labute approximate surface area is 209 Å². The smallest absolute Gasteiger partial charge is 0.410 e. The Balaban J connectivity index is 0.000000608. The lowest BCUT2D eigenvalue weighted by atomic mass is 10.1.